The van der Waals surface area contributed by atoms with Crippen LogP contribution in [0.5, 0.6) is 0 Å². The molecule has 6 heteroatoms. The van der Waals surface area contributed by atoms with Gasteiger partial charge in [-0.15, -0.1) is 0 Å². The minimum absolute atomic E-state index is 0.107. The molecular formula is C14H25F3N2O. The van der Waals surface area contributed by atoms with E-state index < -0.39 is 12.1 Å². The van der Waals surface area contributed by atoms with Crippen molar-refractivity contribution in [2.75, 3.05) is 26.2 Å². The van der Waals surface area contributed by atoms with Gasteiger partial charge in [0.25, 0.3) is 0 Å². The quantitative estimate of drug-likeness (QED) is 0.834. The summed E-state index contributed by atoms with van der Waals surface area (Å²) < 4.78 is 38.0. The molecule has 0 radical (unpaired) electrons. The molecule has 2 rings (SSSR count). The molecule has 1 aliphatic carbocycles. The van der Waals surface area contributed by atoms with E-state index in [4.69, 9.17) is 0 Å². The van der Waals surface area contributed by atoms with E-state index in [1.165, 1.54) is 0 Å². The van der Waals surface area contributed by atoms with Gasteiger partial charge >= 0.3 is 6.18 Å². The number of aliphatic hydroxyl groups is 1. The number of nitrogens with one attached hydrogen (secondary N) is 1. The van der Waals surface area contributed by atoms with Gasteiger partial charge in [-0.25, -0.2) is 0 Å². The second kappa shape index (κ2) is 6.20. The van der Waals surface area contributed by atoms with Crippen LogP contribution in [0.4, 0.5) is 13.2 Å². The Morgan fingerprint density at radius 2 is 1.90 bits per heavy atom. The maximum absolute atomic E-state index is 12.7. The molecule has 0 aromatic heterocycles. The van der Waals surface area contributed by atoms with Crippen molar-refractivity contribution in [1.29, 1.82) is 0 Å². The summed E-state index contributed by atoms with van der Waals surface area (Å²) in [5.41, 5.74) is -0.222. The zero-order chi connectivity index (χ0) is 14.8. The maximum Gasteiger partial charge on any atom is 0.391 e. The second-order valence-electron chi connectivity index (χ2n) is 6.22. The van der Waals surface area contributed by atoms with Gasteiger partial charge in [-0.05, 0) is 51.7 Å². The first-order valence-corrected chi connectivity index (χ1v) is 7.57. The molecule has 1 heterocycles. The van der Waals surface area contributed by atoms with Crippen molar-refractivity contribution in [1.82, 2.24) is 10.2 Å². The molecular weight excluding hydrogens is 269 g/mol. The first-order valence-electron chi connectivity index (χ1n) is 7.57. The predicted octanol–water partition coefficient (Wildman–Crippen LogP) is 2.15. The number of hydrogen-bond donors (Lipinski definition) is 2. The molecule has 2 fully saturated rings. The zero-order valence-corrected chi connectivity index (χ0v) is 12.0. The molecule has 0 spiro atoms. The SMILES string of the molecule is CCNC1(CO)CCC(N2CCC(C(F)(F)F)CC2)C1. The average Bonchev–Trinajstić information content (AvgIpc) is 2.83. The van der Waals surface area contributed by atoms with Crippen LogP contribution < -0.4 is 5.32 Å². The van der Waals surface area contributed by atoms with Crippen LogP contribution in [-0.2, 0) is 0 Å². The molecule has 1 saturated carbocycles. The summed E-state index contributed by atoms with van der Waals surface area (Å²) in [6, 6.07) is 0.315. The predicted molar refractivity (Wildman–Crippen MR) is 71.5 cm³/mol. The lowest BCUT2D eigenvalue weighted by molar-refractivity contribution is -0.186. The fourth-order valence-electron chi connectivity index (χ4n) is 3.74. The van der Waals surface area contributed by atoms with E-state index in [0.717, 1.165) is 25.8 Å². The number of halogens is 3. The summed E-state index contributed by atoms with van der Waals surface area (Å²) in [4.78, 5) is 2.19. The normalized spacial score (nSPS) is 33.8. The van der Waals surface area contributed by atoms with Gasteiger partial charge in [-0.2, -0.15) is 13.2 Å². The van der Waals surface area contributed by atoms with Gasteiger partial charge in [0, 0.05) is 11.6 Å². The molecule has 2 atom stereocenters. The molecule has 2 unspecified atom stereocenters. The van der Waals surface area contributed by atoms with Crippen molar-refractivity contribution in [3.05, 3.63) is 0 Å². The van der Waals surface area contributed by atoms with Gasteiger partial charge < -0.3 is 15.3 Å². The Morgan fingerprint density at radius 1 is 1.25 bits per heavy atom. The highest BCUT2D eigenvalue weighted by Crippen LogP contribution is 2.38. The van der Waals surface area contributed by atoms with Crippen LogP contribution in [0.3, 0.4) is 0 Å². The van der Waals surface area contributed by atoms with Crippen molar-refractivity contribution in [3.8, 4) is 0 Å². The van der Waals surface area contributed by atoms with Crippen molar-refractivity contribution < 1.29 is 18.3 Å². The van der Waals surface area contributed by atoms with Gasteiger partial charge in [0.15, 0.2) is 0 Å². The summed E-state index contributed by atoms with van der Waals surface area (Å²) in [5, 5.41) is 12.9. The summed E-state index contributed by atoms with van der Waals surface area (Å²) in [7, 11) is 0. The van der Waals surface area contributed by atoms with Gasteiger partial charge in [-0.1, -0.05) is 6.92 Å². The molecule has 3 nitrogen and oxygen atoms in total. The highest BCUT2D eigenvalue weighted by Gasteiger charge is 2.44. The van der Waals surface area contributed by atoms with E-state index in [1.54, 1.807) is 0 Å². The summed E-state index contributed by atoms with van der Waals surface area (Å²) >= 11 is 0. The third-order valence-corrected chi connectivity index (χ3v) is 4.95. The van der Waals surface area contributed by atoms with Crippen LogP contribution in [0, 0.1) is 5.92 Å². The third kappa shape index (κ3) is 3.46. The summed E-state index contributed by atoms with van der Waals surface area (Å²) in [6.45, 7) is 3.99. The Hall–Kier alpha value is -0.330. The third-order valence-electron chi connectivity index (χ3n) is 4.95. The highest BCUT2D eigenvalue weighted by atomic mass is 19.4. The van der Waals surface area contributed by atoms with Crippen LogP contribution in [0.15, 0.2) is 0 Å². The fourth-order valence-corrected chi connectivity index (χ4v) is 3.74. The number of hydrogen-bond acceptors (Lipinski definition) is 3. The number of piperidine rings is 1. The Labute approximate surface area is 118 Å². The second-order valence-corrected chi connectivity index (χ2v) is 6.22. The van der Waals surface area contributed by atoms with Crippen LogP contribution in [-0.4, -0.2) is 54.0 Å². The van der Waals surface area contributed by atoms with Crippen LogP contribution >= 0.6 is 0 Å². The first-order chi connectivity index (χ1) is 9.40. The summed E-state index contributed by atoms with van der Waals surface area (Å²) in [6.07, 6.45) is -0.902. The molecule has 0 aromatic carbocycles. The lowest BCUT2D eigenvalue weighted by atomic mass is 9.94. The lowest BCUT2D eigenvalue weighted by Crippen LogP contribution is -2.49. The van der Waals surface area contributed by atoms with Crippen LogP contribution in [0.1, 0.15) is 39.0 Å². The standard InChI is InChI=1S/C14H25F3N2O/c1-2-18-13(10-20)6-3-12(9-13)19-7-4-11(5-8-19)14(15,16)17/h11-12,18,20H,2-10H2,1H3. The van der Waals surface area contributed by atoms with E-state index in [1.807, 2.05) is 6.92 Å². The van der Waals surface area contributed by atoms with Crippen molar-refractivity contribution in [3.63, 3.8) is 0 Å². The number of likely N-dealkylation sites (tertiary alicyclic amines) is 1. The Balaban J connectivity index is 1.86. The van der Waals surface area contributed by atoms with E-state index in [-0.39, 0.29) is 25.0 Å². The fraction of sp³-hybridized carbons (Fsp3) is 1.00. The molecule has 2 aliphatic rings. The van der Waals surface area contributed by atoms with Gasteiger partial charge in [0.05, 0.1) is 12.5 Å². The highest BCUT2D eigenvalue weighted by molar-refractivity contribution is 5.00. The zero-order valence-electron chi connectivity index (χ0n) is 12.0. The topological polar surface area (TPSA) is 35.5 Å². The molecule has 1 aliphatic heterocycles. The molecule has 20 heavy (non-hydrogen) atoms. The Kier molecular flexibility index (Phi) is 4.97. The largest absolute Gasteiger partial charge is 0.394 e. The van der Waals surface area contributed by atoms with E-state index in [2.05, 4.69) is 10.2 Å². The smallest absolute Gasteiger partial charge is 0.391 e. The number of rotatable bonds is 4. The van der Waals surface area contributed by atoms with Crippen LogP contribution in [0.25, 0.3) is 0 Å². The molecule has 2 N–H and O–H groups in total. The Morgan fingerprint density at radius 3 is 2.40 bits per heavy atom. The lowest BCUT2D eigenvalue weighted by Gasteiger charge is -2.37. The van der Waals surface area contributed by atoms with E-state index in [9.17, 15) is 18.3 Å². The molecule has 0 amide bonds. The Bertz CT molecular complexity index is 316. The number of likely N-dealkylation sites (N-methyl/N-ethyl adjacent to an activating group) is 1. The van der Waals surface area contributed by atoms with Crippen molar-refractivity contribution in [2.24, 2.45) is 5.92 Å². The first kappa shape index (κ1) is 16.0. The van der Waals surface area contributed by atoms with Crippen molar-refractivity contribution >= 4 is 0 Å². The summed E-state index contributed by atoms with van der Waals surface area (Å²) in [5.74, 6) is -1.13. The maximum atomic E-state index is 12.7. The van der Waals surface area contributed by atoms with Gasteiger partial charge in [0.1, 0.15) is 0 Å². The van der Waals surface area contributed by atoms with Gasteiger partial charge in [0.2, 0.25) is 0 Å². The molecule has 1 saturated heterocycles. The van der Waals surface area contributed by atoms with Crippen LogP contribution in [0.2, 0.25) is 0 Å². The van der Waals surface area contributed by atoms with Gasteiger partial charge in [-0.3, -0.25) is 0 Å². The minimum Gasteiger partial charge on any atom is -0.394 e. The molecule has 0 aromatic rings. The van der Waals surface area contributed by atoms with E-state index >= 15 is 0 Å². The number of alkyl halides is 3. The van der Waals surface area contributed by atoms with Crippen molar-refractivity contribution in [2.45, 2.75) is 56.8 Å². The van der Waals surface area contributed by atoms with E-state index in [0.29, 0.717) is 19.1 Å². The molecule has 118 valence electrons. The minimum atomic E-state index is -4.04. The molecule has 0 bridgehead atoms. The number of aliphatic hydroxyl groups excluding tert-OH is 1. The number of nitrogens with zero attached hydrogens (tertiary/aromatic N) is 1. The average molecular weight is 294 g/mol. The monoisotopic (exact) mass is 294 g/mol.